The van der Waals surface area contributed by atoms with E-state index < -0.39 is 0 Å². The number of benzene rings is 1. The first-order chi connectivity index (χ1) is 15.2. The molecule has 1 aromatic carbocycles. The van der Waals surface area contributed by atoms with Gasteiger partial charge in [-0.2, -0.15) is 0 Å². The summed E-state index contributed by atoms with van der Waals surface area (Å²) in [6, 6.07) is 10.8. The minimum Gasteiger partial charge on any atom is -0.496 e. The fraction of sp³-hybridized carbons (Fsp3) is 0.520. The molecule has 5 rings (SSSR count). The van der Waals surface area contributed by atoms with E-state index >= 15 is 0 Å². The summed E-state index contributed by atoms with van der Waals surface area (Å²) in [7, 11) is 1.69. The number of hydrogen-bond acceptors (Lipinski definition) is 5. The van der Waals surface area contributed by atoms with Crippen LogP contribution in [0.4, 0.5) is 11.5 Å². The zero-order valence-corrected chi connectivity index (χ0v) is 18.3. The Balaban J connectivity index is 1.38. The highest BCUT2D eigenvalue weighted by atomic mass is 16.5. The molecular weight excluding hydrogens is 388 g/mol. The molecule has 6 nitrogen and oxygen atoms in total. The van der Waals surface area contributed by atoms with E-state index in [0.29, 0.717) is 25.3 Å². The van der Waals surface area contributed by atoms with Crippen molar-refractivity contribution in [2.45, 2.75) is 70.0 Å². The predicted octanol–water partition coefficient (Wildman–Crippen LogP) is 4.81. The van der Waals surface area contributed by atoms with Gasteiger partial charge in [-0.25, -0.2) is 4.98 Å². The van der Waals surface area contributed by atoms with Gasteiger partial charge in [0.25, 0.3) is 5.91 Å². The van der Waals surface area contributed by atoms with Crippen LogP contribution in [0.15, 0.2) is 36.5 Å². The van der Waals surface area contributed by atoms with E-state index in [2.05, 4.69) is 32.2 Å². The highest BCUT2D eigenvalue weighted by molar-refractivity contribution is 5.95. The van der Waals surface area contributed by atoms with Crippen LogP contribution in [0, 0.1) is 0 Å². The van der Waals surface area contributed by atoms with Crippen molar-refractivity contribution in [2.75, 3.05) is 24.0 Å². The van der Waals surface area contributed by atoms with Gasteiger partial charge in [0.15, 0.2) is 5.82 Å². The molecule has 31 heavy (non-hydrogen) atoms. The van der Waals surface area contributed by atoms with Crippen LogP contribution < -0.4 is 15.0 Å². The summed E-state index contributed by atoms with van der Waals surface area (Å²) in [6.07, 6.45) is 11.3. The Morgan fingerprint density at radius 2 is 1.84 bits per heavy atom. The van der Waals surface area contributed by atoms with E-state index in [-0.39, 0.29) is 5.91 Å². The lowest BCUT2D eigenvalue weighted by atomic mass is 10.0. The maximum atomic E-state index is 13.6. The molecule has 2 fully saturated rings. The number of rotatable bonds is 6. The molecule has 0 bridgehead atoms. The molecule has 0 radical (unpaired) electrons. The Hall–Kier alpha value is -2.76. The molecule has 2 aromatic rings. The zero-order valence-electron chi connectivity index (χ0n) is 18.3. The number of nitrogens with one attached hydrogen (secondary N) is 1. The van der Waals surface area contributed by atoms with Gasteiger partial charge in [0.1, 0.15) is 5.75 Å². The van der Waals surface area contributed by atoms with Crippen LogP contribution in [0.25, 0.3) is 0 Å². The van der Waals surface area contributed by atoms with E-state index in [1.807, 2.05) is 18.2 Å². The maximum absolute atomic E-state index is 13.6. The van der Waals surface area contributed by atoms with Crippen LogP contribution in [0.3, 0.4) is 0 Å². The van der Waals surface area contributed by atoms with Crippen molar-refractivity contribution < 1.29 is 9.53 Å². The smallest absolute Gasteiger partial charge is 0.254 e. The average molecular weight is 421 g/mol. The molecule has 0 saturated heterocycles. The normalized spacial score (nSPS) is 18.8. The van der Waals surface area contributed by atoms with Crippen molar-refractivity contribution in [1.29, 1.82) is 0 Å². The molecule has 2 aliphatic carbocycles. The quantitative estimate of drug-likeness (QED) is 0.727. The zero-order chi connectivity index (χ0) is 21.2. The van der Waals surface area contributed by atoms with E-state index in [1.165, 1.54) is 25.7 Å². The van der Waals surface area contributed by atoms with Crippen molar-refractivity contribution >= 4 is 17.4 Å². The van der Waals surface area contributed by atoms with Gasteiger partial charge in [0.2, 0.25) is 0 Å². The number of ether oxygens (including phenoxy) is 1. The summed E-state index contributed by atoms with van der Waals surface area (Å²) in [5.41, 5.74) is 2.92. The second kappa shape index (κ2) is 8.77. The van der Waals surface area contributed by atoms with Gasteiger partial charge in [-0.05, 0) is 49.9 Å². The lowest BCUT2D eigenvalue weighted by molar-refractivity contribution is 0.0580. The monoisotopic (exact) mass is 420 g/mol. The minimum atomic E-state index is 0.182. The van der Waals surface area contributed by atoms with Crippen LogP contribution in [0.2, 0.25) is 0 Å². The Morgan fingerprint density at radius 1 is 1.13 bits per heavy atom. The molecule has 0 atom stereocenters. The summed E-state index contributed by atoms with van der Waals surface area (Å²) in [5, 5.41) is 3.33. The van der Waals surface area contributed by atoms with Crippen molar-refractivity contribution in [2.24, 2.45) is 0 Å². The molecule has 6 heteroatoms. The fourth-order valence-corrected chi connectivity index (χ4v) is 5.54. The third-order valence-corrected chi connectivity index (χ3v) is 7.13. The summed E-state index contributed by atoms with van der Waals surface area (Å²) < 4.78 is 5.73. The molecule has 0 spiro atoms. The first kappa shape index (κ1) is 20.2. The van der Waals surface area contributed by atoms with E-state index in [4.69, 9.17) is 4.74 Å². The molecule has 1 amide bonds. The molecule has 1 N–H and O–H groups in total. The number of amides is 1. The lowest BCUT2D eigenvalue weighted by Crippen LogP contribution is -2.45. The third kappa shape index (κ3) is 3.95. The topological polar surface area (TPSA) is 57.7 Å². The molecule has 3 aliphatic rings. The number of carbonyl (C=O) groups is 1. The van der Waals surface area contributed by atoms with Crippen molar-refractivity contribution in [3.63, 3.8) is 0 Å². The van der Waals surface area contributed by atoms with Gasteiger partial charge in [0.05, 0.1) is 19.5 Å². The van der Waals surface area contributed by atoms with Gasteiger partial charge in [-0.3, -0.25) is 4.79 Å². The number of pyridine rings is 1. The summed E-state index contributed by atoms with van der Waals surface area (Å²) in [4.78, 5) is 22.5. The van der Waals surface area contributed by atoms with Gasteiger partial charge >= 0.3 is 0 Å². The highest BCUT2D eigenvalue weighted by Gasteiger charge is 2.34. The van der Waals surface area contributed by atoms with Gasteiger partial charge < -0.3 is 19.9 Å². The van der Waals surface area contributed by atoms with Crippen LogP contribution >= 0.6 is 0 Å². The Labute approximate surface area is 184 Å². The SMILES string of the molecule is COc1cc(C(=O)N(C2CCCC2)C2CCCC2)ccc1CN1CNc2ncccc21. The number of fused-ring (bicyclic) bond motifs is 1. The number of hydrogen-bond donors (Lipinski definition) is 1. The Bertz CT molecular complexity index is 919. The molecule has 2 heterocycles. The van der Waals surface area contributed by atoms with Crippen LogP contribution in [-0.4, -0.2) is 41.7 Å². The molecular formula is C25H32N4O2. The number of nitrogens with zero attached hydrogens (tertiary/aromatic N) is 3. The maximum Gasteiger partial charge on any atom is 0.254 e. The highest BCUT2D eigenvalue weighted by Crippen LogP contribution is 2.35. The standard InChI is InChI=1S/C25H32N4O2/c1-31-23-15-18(25(30)29(20-7-2-3-8-20)21-9-4-5-10-21)12-13-19(23)16-28-17-27-24-22(28)11-6-14-26-24/h6,11-15,20-21H,2-5,7-10,16-17H2,1H3,(H,26,27). The van der Waals surface area contributed by atoms with Crippen LogP contribution in [0.1, 0.15) is 67.3 Å². The summed E-state index contributed by atoms with van der Waals surface area (Å²) in [5.74, 6) is 1.87. The number of methoxy groups -OCH3 is 1. The second-order valence-corrected chi connectivity index (χ2v) is 9.02. The minimum absolute atomic E-state index is 0.182. The largest absolute Gasteiger partial charge is 0.496 e. The van der Waals surface area contributed by atoms with E-state index in [9.17, 15) is 4.79 Å². The first-order valence-electron chi connectivity index (χ1n) is 11.7. The lowest BCUT2D eigenvalue weighted by Gasteiger charge is -2.35. The average Bonchev–Trinajstić information content (AvgIpc) is 3.58. The van der Waals surface area contributed by atoms with Gasteiger partial charge in [-0.1, -0.05) is 31.7 Å². The Kier molecular flexibility index (Phi) is 5.70. The number of carbonyl (C=O) groups excluding carboxylic acids is 1. The fourth-order valence-electron chi connectivity index (χ4n) is 5.54. The first-order valence-corrected chi connectivity index (χ1v) is 11.7. The van der Waals surface area contributed by atoms with Gasteiger partial charge in [0, 0.05) is 36.0 Å². The van der Waals surface area contributed by atoms with Crippen molar-refractivity contribution in [3.8, 4) is 5.75 Å². The Morgan fingerprint density at radius 3 is 2.52 bits per heavy atom. The summed E-state index contributed by atoms with van der Waals surface area (Å²) in [6.45, 7) is 1.42. The third-order valence-electron chi connectivity index (χ3n) is 7.13. The predicted molar refractivity (Wildman–Crippen MR) is 123 cm³/mol. The molecule has 1 aliphatic heterocycles. The van der Waals surface area contributed by atoms with E-state index in [0.717, 1.165) is 54.1 Å². The van der Waals surface area contributed by atoms with Gasteiger partial charge in [-0.15, -0.1) is 0 Å². The van der Waals surface area contributed by atoms with E-state index in [1.54, 1.807) is 13.3 Å². The second-order valence-electron chi connectivity index (χ2n) is 9.02. The van der Waals surface area contributed by atoms with Crippen LogP contribution in [-0.2, 0) is 6.54 Å². The van der Waals surface area contributed by atoms with Crippen molar-refractivity contribution in [1.82, 2.24) is 9.88 Å². The number of anilines is 2. The number of aromatic nitrogens is 1. The molecule has 1 aromatic heterocycles. The molecule has 2 saturated carbocycles. The molecule has 164 valence electrons. The van der Waals surface area contributed by atoms with Crippen LogP contribution in [0.5, 0.6) is 5.75 Å². The van der Waals surface area contributed by atoms with Crippen molar-refractivity contribution in [3.05, 3.63) is 47.7 Å². The molecule has 0 unspecified atom stereocenters. The summed E-state index contributed by atoms with van der Waals surface area (Å²) >= 11 is 0.